The van der Waals surface area contributed by atoms with Crippen LogP contribution in [-0.4, -0.2) is 55.8 Å². The molecule has 2 aromatic rings. The maximum absolute atomic E-state index is 14.1. The molecule has 1 aliphatic rings. The third-order valence-corrected chi connectivity index (χ3v) is 5.18. The van der Waals surface area contributed by atoms with Crippen molar-refractivity contribution < 1.29 is 23.9 Å². The second kappa shape index (κ2) is 7.56. The zero-order chi connectivity index (χ0) is 18.7. The minimum Gasteiger partial charge on any atom is -0.480 e. The predicted molar refractivity (Wildman–Crippen MR) is 90.9 cm³/mol. The van der Waals surface area contributed by atoms with Gasteiger partial charge in [-0.05, 0) is 6.07 Å². The van der Waals surface area contributed by atoms with E-state index >= 15 is 0 Å². The van der Waals surface area contributed by atoms with E-state index in [4.69, 9.17) is 0 Å². The van der Waals surface area contributed by atoms with Crippen LogP contribution in [0.25, 0.3) is 0 Å². The number of amides is 2. The van der Waals surface area contributed by atoms with Gasteiger partial charge in [0.2, 0.25) is 5.91 Å². The van der Waals surface area contributed by atoms with Crippen LogP contribution in [0, 0.1) is 5.82 Å². The van der Waals surface area contributed by atoms with Crippen LogP contribution in [0.15, 0.2) is 43.0 Å². The second-order valence-corrected chi connectivity index (χ2v) is 6.60. The van der Waals surface area contributed by atoms with Gasteiger partial charge in [-0.25, -0.2) is 19.0 Å². The lowest BCUT2D eigenvalue weighted by atomic mass is 10.1. The summed E-state index contributed by atoms with van der Waals surface area (Å²) < 4.78 is 15.3. The molecule has 1 aromatic heterocycles. The van der Waals surface area contributed by atoms with Crippen LogP contribution in [0.5, 0.6) is 0 Å². The average Bonchev–Trinajstić information content (AvgIpc) is 3.29. The van der Waals surface area contributed by atoms with E-state index in [1.54, 1.807) is 6.07 Å². The number of carboxylic acids is 1. The molecule has 0 aliphatic carbocycles. The Labute approximate surface area is 152 Å². The largest absolute Gasteiger partial charge is 0.480 e. The number of aromatic nitrogens is 2. The molecule has 2 atom stereocenters. The van der Waals surface area contributed by atoms with Gasteiger partial charge < -0.3 is 15.3 Å². The second-order valence-electron chi connectivity index (χ2n) is 5.49. The van der Waals surface area contributed by atoms with Gasteiger partial charge in [-0.15, -0.1) is 11.8 Å². The number of aliphatic carboxylic acids is 1. The summed E-state index contributed by atoms with van der Waals surface area (Å²) in [5.74, 6) is -2.17. The first kappa shape index (κ1) is 17.9. The summed E-state index contributed by atoms with van der Waals surface area (Å²) in [5.41, 5.74) is 0.232. The minimum atomic E-state index is -1.18. The van der Waals surface area contributed by atoms with Crippen molar-refractivity contribution in [2.24, 2.45) is 0 Å². The van der Waals surface area contributed by atoms with E-state index in [1.165, 1.54) is 48.7 Å². The lowest BCUT2D eigenvalue weighted by Gasteiger charge is -2.28. The van der Waals surface area contributed by atoms with Crippen LogP contribution in [0.1, 0.15) is 10.9 Å². The first-order valence-corrected chi connectivity index (χ1v) is 8.70. The Bertz CT molecular complexity index is 829. The Hall–Kier alpha value is -2.88. The van der Waals surface area contributed by atoms with Crippen molar-refractivity contribution in [1.82, 2.24) is 19.8 Å². The molecule has 2 amide bonds. The fourth-order valence-corrected chi connectivity index (χ4v) is 4.09. The van der Waals surface area contributed by atoms with Gasteiger partial charge in [0.1, 0.15) is 23.6 Å². The van der Waals surface area contributed by atoms with Gasteiger partial charge in [-0.1, -0.05) is 18.2 Å². The third-order valence-electron chi connectivity index (χ3n) is 3.87. The molecule has 0 bridgehead atoms. The number of carbonyl (C=O) groups excluding carboxylic acids is 2. The van der Waals surface area contributed by atoms with Gasteiger partial charge in [0.05, 0.1) is 6.54 Å². The first-order chi connectivity index (χ1) is 12.5. The summed E-state index contributed by atoms with van der Waals surface area (Å²) >= 11 is 1.17. The zero-order valence-corrected chi connectivity index (χ0v) is 14.2. The van der Waals surface area contributed by atoms with E-state index in [0.717, 1.165) is 9.47 Å². The van der Waals surface area contributed by atoms with Crippen molar-refractivity contribution >= 4 is 29.7 Å². The van der Waals surface area contributed by atoms with Crippen molar-refractivity contribution in [3.8, 4) is 0 Å². The molecule has 1 aliphatic heterocycles. The number of hydrogen-bond donors (Lipinski definition) is 2. The smallest absolute Gasteiger partial charge is 0.327 e. The van der Waals surface area contributed by atoms with E-state index in [1.807, 2.05) is 0 Å². The Morgan fingerprint density at radius 3 is 2.77 bits per heavy atom. The molecule has 3 rings (SSSR count). The van der Waals surface area contributed by atoms with Gasteiger partial charge in [0.25, 0.3) is 0 Å². The maximum atomic E-state index is 14.1. The van der Waals surface area contributed by atoms with E-state index < -0.39 is 41.7 Å². The Morgan fingerprint density at radius 2 is 2.12 bits per heavy atom. The molecule has 2 N–H and O–H groups in total. The summed E-state index contributed by atoms with van der Waals surface area (Å²) in [4.78, 5) is 40.9. The highest BCUT2D eigenvalue weighted by atomic mass is 32.2. The number of imidazole rings is 1. The normalized spacial score (nSPS) is 19.3. The van der Waals surface area contributed by atoms with Gasteiger partial charge in [0, 0.05) is 23.7 Å². The van der Waals surface area contributed by atoms with Crippen molar-refractivity contribution in [1.29, 1.82) is 0 Å². The molecule has 0 radical (unpaired) electrons. The van der Waals surface area contributed by atoms with Crippen LogP contribution < -0.4 is 5.32 Å². The summed E-state index contributed by atoms with van der Waals surface area (Å²) in [6, 6.07) is 4.25. The molecule has 0 unspecified atom stereocenters. The topological polar surface area (TPSA) is 105 Å². The average molecular weight is 378 g/mol. The maximum Gasteiger partial charge on any atom is 0.327 e. The van der Waals surface area contributed by atoms with Crippen LogP contribution in [-0.2, 0) is 9.59 Å². The molecule has 26 heavy (non-hydrogen) atoms. The molecular formula is C16H15FN4O4S. The van der Waals surface area contributed by atoms with Crippen molar-refractivity contribution in [2.75, 3.05) is 12.3 Å². The van der Waals surface area contributed by atoms with E-state index in [2.05, 4.69) is 10.3 Å². The standard InChI is InChI=1S/C16H15FN4O4S/c17-11-4-2-1-3-10(11)14-21(12(8-26-14)15(23)24)13(22)7-19-16(25)20-6-5-18-9-20/h1-6,9,12,14H,7-8H2,(H,19,25)(H,23,24)/t12-,14+/m0/s1. The number of carbonyl (C=O) groups is 3. The molecule has 10 heteroatoms. The molecule has 136 valence electrons. The highest BCUT2D eigenvalue weighted by Crippen LogP contribution is 2.42. The van der Waals surface area contributed by atoms with Gasteiger partial charge in [0.15, 0.2) is 0 Å². The molecule has 2 heterocycles. The summed E-state index contributed by atoms with van der Waals surface area (Å²) in [6.45, 7) is -0.410. The monoisotopic (exact) mass is 378 g/mol. The molecule has 1 saturated heterocycles. The number of halogens is 1. The fraction of sp³-hybridized carbons (Fsp3) is 0.250. The Morgan fingerprint density at radius 1 is 1.35 bits per heavy atom. The van der Waals surface area contributed by atoms with Crippen molar-refractivity contribution in [3.05, 3.63) is 54.4 Å². The van der Waals surface area contributed by atoms with Gasteiger partial charge in [-0.3, -0.25) is 9.36 Å². The van der Waals surface area contributed by atoms with Gasteiger partial charge >= 0.3 is 12.0 Å². The summed E-state index contributed by atoms with van der Waals surface area (Å²) in [6.07, 6.45) is 4.09. The molecule has 8 nitrogen and oxygen atoms in total. The minimum absolute atomic E-state index is 0.134. The van der Waals surface area contributed by atoms with E-state index in [-0.39, 0.29) is 11.3 Å². The Kier molecular flexibility index (Phi) is 5.21. The number of carboxylic acid groups (broad SMARTS) is 1. The zero-order valence-electron chi connectivity index (χ0n) is 13.4. The lowest BCUT2D eigenvalue weighted by Crippen LogP contribution is -2.47. The fourth-order valence-electron chi connectivity index (χ4n) is 2.63. The third kappa shape index (κ3) is 3.54. The van der Waals surface area contributed by atoms with Crippen LogP contribution in [0.2, 0.25) is 0 Å². The molecule has 1 fully saturated rings. The number of benzene rings is 1. The predicted octanol–water partition coefficient (Wildman–Crippen LogP) is 1.31. The summed E-state index contributed by atoms with van der Waals surface area (Å²) in [7, 11) is 0. The van der Waals surface area contributed by atoms with Crippen LogP contribution in [0.3, 0.4) is 0 Å². The number of thioether (sulfide) groups is 1. The first-order valence-electron chi connectivity index (χ1n) is 7.65. The van der Waals surface area contributed by atoms with E-state index in [0.29, 0.717) is 0 Å². The van der Waals surface area contributed by atoms with Crippen molar-refractivity contribution in [2.45, 2.75) is 11.4 Å². The SMILES string of the molecule is O=C(O)[C@@H]1CS[C@H](c2ccccc2F)N1C(=O)CNC(=O)n1ccnc1. The Balaban J connectivity index is 1.78. The van der Waals surface area contributed by atoms with E-state index in [9.17, 15) is 23.9 Å². The molecule has 1 aromatic carbocycles. The van der Waals surface area contributed by atoms with Crippen LogP contribution in [0.4, 0.5) is 9.18 Å². The summed E-state index contributed by atoms with van der Waals surface area (Å²) in [5, 5.41) is 11.0. The number of hydrogen-bond acceptors (Lipinski definition) is 5. The van der Waals surface area contributed by atoms with Gasteiger partial charge in [-0.2, -0.15) is 0 Å². The van der Waals surface area contributed by atoms with Crippen molar-refractivity contribution in [3.63, 3.8) is 0 Å². The number of nitrogens with zero attached hydrogens (tertiary/aromatic N) is 3. The highest BCUT2D eigenvalue weighted by molar-refractivity contribution is 7.99. The number of nitrogens with one attached hydrogen (secondary N) is 1. The molecule has 0 spiro atoms. The number of rotatable bonds is 4. The van der Waals surface area contributed by atoms with Crippen LogP contribution >= 0.6 is 11.8 Å². The lowest BCUT2D eigenvalue weighted by molar-refractivity contribution is -0.148. The highest BCUT2D eigenvalue weighted by Gasteiger charge is 2.43. The quantitative estimate of drug-likeness (QED) is 0.831. The molecule has 0 saturated carbocycles. The molecular weight excluding hydrogens is 363 g/mol.